The second-order valence-corrected chi connectivity index (χ2v) is 7.03. The Hall–Kier alpha value is -1.97. The van der Waals surface area contributed by atoms with Gasteiger partial charge in [-0.25, -0.2) is 0 Å². The number of rotatable bonds is 8. The molecule has 1 fully saturated rings. The van der Waals surface area contributed by atoms with Crippen LogP contribution in [0, 0.1) is 0 Å². The van der Waals surface area contributed by atoms with E-state index >= 15 is 0 Å². The van der Waals surface area contributed by atoms with Crippen LogP contribution in [0.2, 0.25) is 0 Å². The Morgan fingerprint density at radius 3 is 2.77 bits per heavy atom. The van der Waals surface area contributed by atoms with Crippen molar-refractivity contribution in [3.05, 3.63) is 30.0 Å². The number of furan rings is 1. The monoisotopic (exact) mass is 388 g/mol. The predicted octanol–water partition coefficient (Wildman–Crippen LogP) is 3.45. The maximum Gasteiger partial charge on any atom is 0.406 e. The molecule has 3 rings (SSSR count). The third-order valence-electron chi connectivity index (χ3n) is 3.98. The summed E-state index contributed by atoms with van der Waals surface area (Å²) in [5.41, 5.74) is 0. The topological polar surface area (TPSA) is 64.2 Å². The Bertz CT molecular complexity index is 741. The van der Waals surface area contributed by atoms with Gasteiger partial charge in [0.05, 0.1) is 18.6 Å². The number of carbonyl (C=O) groups excluding carboxylic acids is 1. The minimum atomic E-state index is -4.48. The average molecular weight is 388 g/mol. The van der Waals surface area contributed by atoms with Gasteiger partial charge >= 0.3 is 6.18 Å². The van der Waals surface area contributed by atoms with Crippen molar-refractivity contribution in [1.82, 2.24) is 19.7 Å². The van der Waals surface area contributed by atoms with E-state index in [1.807, 2.05) is 11.5 Å². The molecule has 0 spiro atoms. The van der Waals surface area contributed by atoms with Gasteiger partial charge in [-0.05, 0) is 31.9 Å². The number of alkyl halides is 3. The first-order chi connectivity index (χ1) is 12.4. The molecule has 1 aliphatic carbocycles. The molecule has 2 heterocycles. The second kappa shape index (κ2) is 7.73. The van der Waals surface area contributed by atoms with Crippen LogP contribution in [0.3, 0.4) is 0 Å². The molecule has 142 valence electrons. The maximum absolute atomic E-state index is 12.8. The summed E-state index contributed by atoms with van der Waals surface area (Å²) in [6.07, 6.45) is -0.965. The number of carbonyl (C=O) groups is 1. The van der Waals surface area contributed by atoms with E-state index in [1.165, 1.54) is 6.26 Å². The van der Waals surface area contributed by atoms with Crippen LogP contribution >= 0.6 is 11.8 Å². The van der Waals surface area contributed by atoms with Crippen molar-refractivity contribution in [3.63, 3.8) is 0 Å². The van der Waals surface area contributed by atoms with Crippen LogP contribution in [-0.4, -0.2) is 44.0 Å². The summed E-state index contributed by atoms with van der Waals surface area (Å²) >= 11 is 1.11. The molecular weight excluding hydrogens is 369 g/mol. The number of halogens is 3. The smallest absolute Gasteiger partial charge is 0.406 e. The lowest BCUT2D eigenvalue weighted by Gasteiger charge is -2.22. The Balaban J connectivity index is 1.65. The minimum Gasteiger partial charge on any atom is -0.467 e. The lowest BCUT2D eigenvalue weighted by Crippen LogP contribution is -2.39. The highest BCUT2D eigenvalue weighted by atomic mass is 32.2. The molecule has 0 bridgehead atoms. The van der Waals surface area contributed by atoms with E-state index in [-0.39, 0.29) is 12.3 Å². The van der Waals surface area contributed by atoms with E-state index in [9.17, 15) is 18.0 Å². The molecule has 2 aromatic rings. The van der Waals surface area contributed by atoms with Crippen LogP contribution < -0.4 is 0 Å². The van der Waals surface area contributed by atoms with Gasteiger partial charge in [-0.1, -0.05) is 11.8 Å². The van der Waals surface area contributed by atoms with Crippen molar-refractivity contribution in [2.45, 2.75) is 50.1 Å². The van der Waals surface area contributed by atoms with E-state index in [0.717, 1.165) is 35.3 Å². The predicted molar refractivity (Wildman–Crippen MR) is 88.6 cm³/mol. The van der Waals surface area contributed by atoms with E-state index in [4.69, 9.17) is 4.42 Å². The van der Waals surface area contributed by atoms with Gasteiger partial charge in [0.25, 0.3) is 0 Å². The SMILES string of the molecule is CCn1c(SCC(=O)N(Cc2ccco2)CC(F)(F)F)nnc1C1CC1. The summed E-state index contributed by atoms with van der Waals surface area (Å²) in [6, 6.07) is 3.11. The molecule has 1 saturated carbocycles. The Morgan fingerprint density at radius 2 is 2.19 bits per heavy atom. The highest BCUT2D eigenvalue weighted by Crippen LogP contribution is 2.40. The largest absolute Gasteiger partial charge is 0.467 e. The van der Waals surface area contributed by atoms with Gasteiger partial charge in [0, 0.05) is 12.5 Å². The van der Waals surface area contributed by atoms with E-state index in [1.54, 1.807) is 12.1 Å². The van der Waals surface area contributed by atoms with Crippen molar-refractivity contribution >= 4 is 17.7 Å². The molecule has 0 unspecified atom stereocenters. The number of amides is 1. The summed E-state index contributed by atoms with van der Waals surface area (Å²) < 4.78 is 45.5. The summed E-state index contributed by atoms with van der Waals surface area (Å²) in [4.78, 5) is 13.1. The summed E-state index contributed by atoms with van der Waals surface area (Å²) in [6.45, 7) is 1.07. The second-order valence-electron chi connectivity index (χ2n) is 6.09. The molecular formula is C16H19F3N4O2S. The van der Waals surface area contributed by atoms with E-state index < -0.39 is 18.6 Å². The van der Waals surface area contributed by atoms with Crippen molar-refractivity contribution in [2.24, 2.45) is 0 Å². The lowest BCUT2D eigenvalue weighted by atomic mass is 10.3. The fraction of sp³-hybridized carbons (Fsp3) is 0.562. The zero-order chi connectivity index (χ0) is 18.7. The highest BCUT2D eigenvalue weighted by Gasteiger charge is 2.34. The Kier molecular flexibility index (Phi) is 5.59. The zero-order valence-corrected chi connectivity index (χ0v) is 15.0. The van der Waals surface area contributed by atoms with Crippen LogP contribution in [0.4, 0.5) is 13.2 Å². The molecule has 0 aromatic carbocycles. The van der Waals surface area contributed by atoms with Gasteiger partial charge < -0.3 is 13.9 Å². The van der Waals surface area contributed by atoms with Gasteiger partial charge in [-0.15, -0.1) is 10.2 Å². The van der Waals surface area contributed by atoms with Gasteiger partial charge in [0.2, 0.25) is 5.91 Å². The number of thioether (sulfide) groups is 1. The summed E-state index contributed by atoms with van der Waals surface area (Å²) in [5, 5.41) is 8.82. The van der Waals surface area contributed by atoms with Crippen LogP contribution in [0.15, 0.2) is 28.0 Å². The molecule has 0 atom stereocenters. The molecule has 0 N–H and O–H groups in total. The highest BCUT2D eigenvalue weighted by molar-refractivity contribution is 7.99. The molecule has 2 aromatic heterocycles. The van der Waals surface area contributed by atoms with Crippen molar-refractivity contribution in [1.29, 1.82) is 0 Å². The lowest BCUT2D eigenvalue weighted by molar-refractivity contribution is -0.161. The van der Waals surface area contributed by atoms with Crippen molar-refractivity contribution < 1.29 is 22.4 Å². The fourth-order valence-corrected chi connectivity index (χ4v) is 3.52. The summed E-state index contributed by atoms with van der Waals surface area (Å²) in [5.74, 6) is 0.848. The average Bonchev–Trinajstić information content (AvgIpc) is 3.13. The van der Waals surface area contributed by atoms with E-state index in [2.05, 4.69) is 10.2 Å². The number of nitrogens with zero attached hydrogens (tertiary/aromatic N) is 4. The molecule has 0 radical (unpaired) electrons. The van der Waals surface area contributed by atoms with Crippen molar-refractivity contribution in [3.8, 4) is 0 Å². The normalized spacial score (nSPS) is 14.6. The van der Waals surface area contributed by atoms with Gasteiger partial charge in [0.1, 0.15) is 18.1 Å². The van der Waals surface area contributed by atoms with Crippen LogP contribution in [0.1, 0.15) is 37.3 Å². The fourth-order valence-electron chi connectivity index (χ4n) is 2.60. The number of hydrogen-bond donors (Lipinski definition) is 0. The first kappa shape index (κ1) is 18.8. The standard InChI is InChI=1S/C16H19F3N4O2S/c1-2-23-14(11-5-6-11)20-21-15(23)26-9-13(24)22(10-16(17,18)19)8-12-4-3-7-25-12/h3-4,7,11H,2,5-6,8-10H2,1H3. The first-order valence-corrected chi connectivity index (χ1v) is 9.28. The molecule has 0 saturated heterocycles. The van der Waals surface area contributed by atoms with Crippen molar-refractivity contribution in [2.75, 3.05) is 12.3 Å². The molecule has 6 nitrogen and oxygen atoms in total. The Morgan fingerprint density at radius 1 is 1.42 bits per heavy atom. The summed E-state index contributed by atoms with van der Waals surface area (Å²) in [7, 11) is 0. The van der Waals surface area contributed by atoms with Gasteiger partial charge in [-0.2, -0.15) is 13.2 Å². The van der Waals surface area contributed by atoms with Gasteiger partial charge in [-0.3, -0.25) is 4.79 Å². The molecule has 0 aliphatic heterocycles. The van der Waals surface area contributed by atoms with Gasteiger partial charge in [0.15, 0.2) is 5.16 Å². The molecule has 1 aliphatic rings. The first-order valence-electron chi connectivity index (χ1n) is 8.30. The third-order valence-corrected chi connectivity index (χ3v) is 4.93. The quantitative estimate of drug-likeness (QED) is 0.648. The van der Waals surface area contributed by atoms with E-state index in [0.29, 0.717) is 23.4 Å². The zero-order valence-electron chi connectivity index (χ0n) is 14.2. The molecule has 1 amide bonds. The third kappa shape index (κ3) is 4.80. The van der Waals surface area contributed by atoms with Crippen LogP contribution in [0.25, 0.3) is 0 Å². The minimum absolute atomic E-state index is 0.139. The maximum atomic E-state index is 12.8. The molecule has 10 heteroatoms. The number of aromatic nitrogens is 3. The van der Waals surface area contributed by atoms with Crippen LogP contribution in [-0.2, 0) is 17.9 Å². The van der Waals surface area contributed by atoms with Crippen LogP contribution in [0.5, 0.6) is 0 Å². The number of hydrogen-bond acceptors (Lipinski definition) is 5. The Labute approximate surface area is 152 Å². The molecule has 26 heavy (non-hydrogen) atoms.